The van der Waals surface area contributed by atoms with E-state index in [-0.39, 0.29) is 5.69 Å². The van der Waals surface area contributed by atoms with Crippen LogP contribution in [0.1, 0.15) is 5.56 Å². The van der Waals surface area contributed by atoms with Crippen molar-refractivity contribution in [2.45, 2.75) is 6.92 Å². The van der Waals surface area contributed by atoms with E-state index in [9.17, 15) is 10.1 Å². The molecule has 0 bridgehead atoms. The number of nitro benzene ring substituents is 1. The Balaban J connectivity index is 3.02. The van der Waals surface area contributed by atoms with E-state index in [0.29, 0.717) is 0 Å². The van der Waals surface area contributed by atoms with E-state index in [4.69, 9.17) is 0 Å². The molecule has 1 aromatic rings. The molecule has 1 rings (SSSR count). The largest absolute Gasteiger partial charge is 0.319 e. The zero-order valence-electron chi connectivity index (χ0n) is 8.44. The Labute approximate surface area is 82.5 Å². The molecule has 0 amide bonds. The fourth-order valence-corrected chi connectivity index (χ4v) is 1.08. The quantitative estimate of drug-likeness (QED) is 0.590. The first-order valence-corrected chi connectivity index (χ1v) is 4.19. The summed E-state index contributed by atoms with van der Waals surface area (Å²) < 4.78 is 0. The maximum atomic E-state index is 10.5. The molecule has 14 heavy (non-hydrogen) atoms. The third-order valence-corrected chi connectivity index (χ3v) is 1.78. The van der Waals surface area contributed by atoms with Crippen molar-refractivity contribution in [3.8, 4) is 0 Å². The Kier molecular flexibility index (Phi) is 3.03. The standard InChI is InChI=1S/C9H13N3O2/c1-7-4-5-8(12(13)14)6-9(7)10-11(2)3/h4-6,10H,1-3H3. The molecule has 5 nitrogen and oxygen atoms in total. The summed E-state index contributed by atoms with van der Waals surface area (Å²) in [5.74, 6) is 0. The molecule has 0 aliphatic rings. The molecule has 1 aromatic carbocycles. The molecule has 0 aliphatic carbocycles. The zero-order valence-corrected chi connectivity index (χ0v) is 8.44. The minimum atomic E-state index is -0.402. The highest BCUT2D eigenvalue weighted by atomic mass is 16.6. The Morgan fingerprint density at radius 1 is 1.43 bits per heavy atom. The minimum Gasteiger partial charge on any atom is -0.319 e. The number of anilines is 1. The number of nitrogens with one attached hydrogen (secondary N) is 1. The van der Waals surface area contributed by atoms with Crippen molar-refractivity contribution in [2.24, 2.45) is 0 Å². The van der Waals surface area contributed by atoms with Gasteiger partial charge in [-0.2, -0.15) is 0 Å². The number of rotatable bonds is 3. The molecular weight excluding hydrogens is 182 g/mol. The van der Waals surface area contributed by atoms with Gasteiger partial charge in [-0.05, 0) is 12.5 Å². The maximum absolute atomic E-state index is 10.5. The van der Waals surface area contributed by atoms with Crippen molar-refractivity contribution in [1.29, 1.82) is 0 Å². The molecule has 0 unspecified atom stereocenters. The van der Waals surface area contributed by atoms with Crippen LogP contribution >= 0.6 is 0 Å². The molecule has 1 N–H and O–H groups in total. The molecule has 0 heterocycles. The minimum absolute atomic E-state index is 0.0972. The van der Waals surface area contributed by atoms with Gasteiger partial charge in [-0.15, -0.1) is 0 Å². The fraction of sp³-hybridized carbons (Fsp3) is 0.333. The Morgan fingerprint density at radius 3 is 2.57 bits per heavy atom. The third kappa shape index (κ3) is 2.43. The molecule has 0 aliphatic heterocycles. The van der Waals surface area contributed by atoms with Crippen LogP contribution in [-0.4, -0.2) is 24.0 Å². The lowest BCUT2D eigenvalue weighted by molar-refractivity contribution is -0.384. The SMILES string of the molecule is Cc1ccc([N+](=O)[O-])cc1NN(C)C. The van der Waals surface area contributed by atoms with E-state index in [0.717, 1.165) is 11.3 Å². The zero-order chi connectivity index (χ0) is 10.7. The number of aryl methyl sites for hydroxylation is 1. The van der Waals surface area contributed by atoms with E-state index >= 15 is 0 Å². The van der Waals surface area contributed by atoms with Crippen molar-refractivity contribution in [1.82, 2.24) is 5.01 Å². The summed E-state index contributed by atoms with van der Waals surface area (Å²) in [5.41, 5.74) is 4.82. The van der Waals surface area contributed by atoms with Crippen molar-refractivity contribution >= 4 is 11.4 Å². The molecule has 0 spiro atoms. The van der Waals surface area contributed by atoms with E-state index in [1.807, 2.05) is 21.0 Å². The summed E-state index contributed by atoms with van der Waals surface area (Å²) in [7, 11) is 3.66. The fourth-order valence-electron chi connectivity index (χ4n) is 1.08. The Morgan fingerprint density at radius 2 is 2.07 bits per heavy atom. The third-order valence-electron chi connectivity index (χ3n) is 1.78. The summed E-state index contributed by atoms with van der Waals surface area (Å²) in [6.45, 7) is 1.90. The van der Waals surface area contributed by atoms with Crippen molar-refractivity contribution < 1.29 is 4.92 Å². The number of benzene rings is 1. The first-order valence-electron chi connectivity index (χ1n) is 4.19. The lowest BCUT2D eigenvalue weighted by Gasteiger charge is -2.15. The highest BCUT2D eigenvalue weighted by Crippen LogP contribution is 2.21. The highest BCUT2D eigenvalue weighted by molar-refractivity contribution is 5.56. The molecule has 76 valence electrons. The second-order valence-electron chi connectivity index (χ2n) is 3.26. The normalized spacial score (nSPS) is 10.3. The van der Waals surface area contributed by atoms with Crippen LogP contribution in [0, 0.1) is 17.0 Å². The molecule has 0 radical (unpaired) electrons. The van der Waals surface area contributed by atoms with Gasteiger partial charge in [0.15, 0.2) is 0 Å². The molecule has 5 heteroatoms. The second-order valence-corrected chi connectivity index (χ2v) is 3.26. The van der Waals surface area contributed by atoms with Crippen LogP contribution in [0.2, 0.25) is 0 Å². The van der Waals surface area contributed by atoms with E-state index < -0.39 is 4.92 Å². The van der Waals surface area contributed by atoms with Gasteiger partial charge in [0.05, 0.1) is 10.6 Å². The van der Waals surface area contributed by atoms with Crippen molar-refractivity contribution in [2.75, 3.05) is 19.5 Å². The molecule has 0 atom stereocenters. The van der Waals surface area contributed by atoms with Gasteiger partial charge < -0.3 is 5.43 Å². The smallest absolute Gasteiger partial charge is 0.271 e. The number of hydrogen-bond donors (Lipinski definition) is 1. The van der Waals surface area contributed by atoms with Crippen molar-refractivity contribution in [3.05, 3.63) is 33.9 Å². The first-order chi connectivity index (χ1) is 6.50. The summed E-state index contributed by atoms with van der Waals surface area (Å²) >= 11 is 0. The predicted octanol–water partition coefficient (Wildman–Crippen LogP) is 1.79. The summed E-state index contributed by atoms with van der Waals surface area (Å²) in [4.78, 5) is 10.1. The molecule has 0 saturated heterocycles. The van der Waals surface area contributed by atoms with Crippen LogP contribution in [-0.2, 0) is 0 Å². The number of nitro groups is 1. The van der Waals surface area contributed by atoms with E-state index in [2.05, 4.69) is 5.43 Å². The van der Waals surface area contributed by atoms with Crippen LogP contribution in [0.15, 0.2) is 18.2 Å². The van der Waals surface area contributed by atoms with E-state index in [1.165, 1.54) is 12.1 Å². The van der Waals surface area contributed by atoms with Gasteiger partial charge in [-0.1, -0.05) is 6.07 Å². The summed E-state index contributed by atoms with van der Waals surface area (Å²) in [5, 5.41) is 12.3. The molecular formula is C9H13N3O2. The monoisotopic (exact) mass is 195 g/mol. The summed E-state index contributed by atoms with van der Waals surface area (Å²) in [6, 6.07) is 4.75. The predicted molar refractivity (Wildman–Crippen MR) is 55.1 cm³/mol. The van der Waals surface area contributed by atoms with Gasteiger partial charge in [-0.3, -0.25) is 10.1 Å². The maximum Gasteiger partial charge on any atom is 0.271 e. The van der Waals surface area contributed by atoms with Crippen LogP contribution in [0.5, 0.6) is 0 Å². The molecule has 0 fully saturated rings. The van der Waals surface area contributed by atoms with Gasteiger partial charge in [-0.25, -0.2) is 5.01 Å². The lowest BCUT2D eigenvalue weighted by Crippen LogP contribution is -2.20. The van der Waals surface area contributed by atoms with E-state index in [1.54, 1.807) is 11.1 Å². The van der Waals surface area contributed by atoms with Crippen molar-refractivity contribution in [3.63, 3.8) is 0 Å². The number of nitrogens with zero attached hydrogens (tertiary/aromatic N) is 2. The Hall–Kier alpha value is -1.62. The van der Waals surface area contributed by atoms with Gasteiger partial charge in [0.1, 0.15) is 0 Å². The lowest BCUT2D eigenvalue weighted by atomic mass is 10.2. The summed E-state index contributed by atoms with van der Waals surface area (Å²) in [6.07, 6.45) is 0. The van der Waals surface area contributed by atoms with Gasteiger partial charge in [0, 0.05) is 26.2 Å². The van der Waals surface area contributed by atoms with Crippen LogP contribution in [0.3, 0.4) is 0 Å². The Bertz CT molecular complexity index is 350. The van der Waals surface area contributed by atoms with Crippen LogP contribution in [0.4, 0.5) is 11.4 Å². The highest BCUT2D eigenvalue weighted by Gasteiger charge is 2.08. The van der Waals surface area contributed by atoms with Gasteiger partial charge in [0.2, 0.25) is 0 Å². The number of non-ortho nitro benzene ring substituents is 1. The van der Waals surface area contributed by atoms with Gasteiger partial charge in [0.25, 0.3) is 5.69 Å². The second kappa shape index (κ2) is 4.06. The number of hydrogen-bond acceptors (Lipinski definition) is 4. The topological polar surface area (TPSA) is 58.4 Å². The number of hydrazine groups is 1. The molecule has 0 aromatic heterocycles. The average molecular weight is 195 g/mol. The molecule has 0 saturated carbocycles. The van der Waals surface area contributed by atoms with Crippen LogP contribution in [0.25, 0.3) is 0 Å². The average Bonchev–Trinajstić information content (AvgIpc) is 2.07. The van der Waals surface area contributed by atoms with Gasteiger partial charge >= 0.3 is 0 Å². The first kappa shape index (κ1) is 10.5. The van der Waals surface area contributed by atoms with Crippen LogP contribution < -0.4 is 5.43 Å².